The molecule has 0 saturated carbocycles. The number of ether oxygens (including phenoxy) is 1. The number of benzene rings is 1. The van der Waals surface area contributed by atoms with Crippen molar-refractivity contribution in [3.8, 4) is 5.88 Å². The Kier molecular flexibility index (Phi) is 5.20. The van der Waals surface area contributed by atoms with Gasteiger partial charge in [-0.1, -0.05) is 38.1 Å². The van der Waals surface area contributed by atoms with E-state index in [1.165, 1.54) is 11.1 Å². The van der Waals surface area contributed by atoms with Gasteiger partial charge in [-0.3, -0.25) is 0 Å². The molecule has 0 aliphatic rings. The fourth-order valence-corrected chi connectivity index (χ4v) is 2.33. The number of nitrogens with one attached hydrogen (secondary N) is 1. The molecule has 3 nitrogen and oxygen atoms in total. The van der Waals surface area contributed by atoms with E-state index in [4.69, 9.17) is 4.74 Å². The van der Waals surface area contributed by atoms with Gasteiger partial charge in [-0.2, -0.15) is 0 Å². The highest BCUT2D eigenvalue weighted by atomic mass is 16.5. The van der Waals surface area contributed by atoms with Crippen molar-refractivity contribution >= 4 is 5.69 Å². The molecular formula is C18H24N2O. The third kappa shape index (κ3) is 4.48. The van der Waals surface area contributed by atoms with Gasteiger partial charge in [0.15, 0.2) is 0 Å². The minimum atomic E-state index is 0.244. The van der Waals surface area contributed by atoms with Gasteiger partial charge in [0, 0.05) is 12.1 Å². The van der Waals surface area contributed by atoms with Crippen molar-refractivity contribution in [1.29, 1.82) is 0 Å². The standard InChI is InChI=1S/C18H24N2O/c1-13(2)11-15-5-7-16(8-6-15)14(3)20-17-9-10-18(21-4)19-12-17/h5-10,12-14,20H,11H2,1-4H3. The summed E-state index contributed by atoms with van der Waals surface area (Å²) in [5.41, 5.74) is 3.67. The lowest BCUT2D eigenvalue weighted by molar-refractivity contribution is 0.398. The molecule has 2 aromatic rings. The van der Waals surface area contributed by atoms with E-state index in [1.54, 1.807) is 13.3 Å². The quantitative estimate of drug-likeness (QED) is 0.850. The van der Waals surface area contributed by atoms with E-state index in [-0.39, 0.29) is 6.04 Å². The van der Waals surface area contributed by atoms with Crippen molar-refractivity contribution in [2.24, 2.45) is 5.92 Å². The van der Waals surface area contributed by atoms with Gasteiger partial charge in [0.2, 0.25) is 5.88 Å². The number of methoxy groups -OCH3 is 1. The summed E-state index contributed by atoms with van der Waals surface area (Å²) < 4.78 is 5.06. The van der Waals surface area contributed by atoms with Gasteiger partial charge >= 0.3 is 0 Å². The number of pyridine rings is 1. The number of hydrogen-bond donors (Lipinski definition) is 1. The van der Waals surface area contributed by atoms with Crippen LogP contribution in [0.25, 0.3) is 0 Å². The maximum atomic E-state index is 5.06. The third-order valence-electron chi connectivity index (χ3n) is 3.45. The van der Waals surface area contributed by atoms with Gasteiger partial charge < -0.3 is 10.1 Å². The van der Waals surface area contributed by atoms with Gasteiger partial charge in [-0.05, 0) is 36.5 Å². The molecule has 1 aromatic heterocycles. The fraction of sp³-hybridized carbons (Fsp3) is 0.389. The predicted molar refractivity (Wildman–Crippen MR) is 87.8 cm³/mol. The topological polar surface area (TPSA) is 34.1 Å². The van der Waals surface area contributed by atoms with Crippen LogP contribution in [0.5, 0.6) is 5.88 Å². The third-order valence-corrected chi connectivity index (χ3v) is 3.45. The van der Waals surface area contributed by atoms with E-state index < -0.39 is 0 Å². The van der Waals surface area contributed by atoms with Crippen molar-refractivity contribution in [3.05, 3.63) is 53.7 Å². The van der Waals surface area contributed by atoms with E-state index >= 15 is 0 Å². The first-order chi connectivity index (χ1) is 10.1. The molecule has 0 radical (unpaired) electrons. The fourth-order valence-electron chi connectivity index (χ4n) is 2.33. The zero-order chi connectivity index (χ0) is 15.2. The maximum absolute atomic E-state index is 5.06. The van der Waals surface area contributed by atoms with E-state index in [2.05, 4.69) is 55.3 Å². The molecule has 1 unspecified atom stereocenters. The van der Waals surface area contributed by atoms with Crippen LogP contribution in [0.15, 0.2) is 42.6 Å². The Balaban J connectivity index is 2.00. The maximum Gasteiger partial charge on any atom is 0.213 e. The zero-order valence-electron chi connectivity index (χ0n) is 13.3. The van der Waals surface area contributed by atoms with Gasteiger partial charge in [0.05, 0.1) is 19.0 Å². The summed E-state index contributed by atoms with van der Waals surface area (Å²) in [4.78, 5) is 4.21. The Labute approximate surface area is 127 Å². The highest BCUT2D eigenvalue weighted by Crippen LogP contribution is 2.21. The van der Waals surface area contributed by atoms with E-state index in [1.807, 2.05) is 12.1 Å². The Morgan fingerprint density at radius 3 is 2.29 bits per heavy atom. The minimum Gasteiger partial charge on any atom is -0.481 e. The molecule has 0 bridgehead atoms. The second-order valence-corrected chi connectivity index (χ2v) is 5.79. The molecular weight excluding hydrogens is 260 g/mol. The largest absolute Gasteiger partial charge is 0.481 e. The Morgan fingerprint density at radius 1 is 1.05 bits per heavy atom. The molecule has 1 heterocycles. The molecule has 2 rings (SSSR count). The highest BCUT2D eigenvalue weighted by Gasteiger charge is 2.06. The lowest BCUT2D eigenvalue weighted by atomic mass is 10.00. The van der Waals surface area contributed by atoms with Crippen LogP contribution in [0.1, 0.15) is 37.9 Å². The average Bonchev–Trinajstić information content (AvgIpc) is 2.48. The van der Waals surface area contributed by atoms with Crippen molar-refractivity contribution in [2.75, 3.05) is 12.4 Å². The number of anilines is 1. The Bertz CT molecular complexity index is 546. The van der Waals surface area contributed by atoms with Gasteiger partial charge in [0.1, 0.15) is 0 Å². The van der Waals surface area contributed by atoms with Crippen molar-refractivity contribution in [2.45, 2.75) is 33.2 Å². The number of aromatic nitrogens is 1. The van der Waals surface area contributed by atoms with E-state index in [0.29, 0.717) is 11.8 Å². The van der Waals surface area contributed by atoms with Crippen LogP contribution < -0.4 is 10.1 Å². The molecule has 1 aromatic carbocycles. The molecule has 21 heavy (non-hydrogen) atoms. The van der Waals surface area contributed by atoms with Crippen LogP contribution in [0.3, 0.4) is 0 Å². The molecule has 1 atom stereocenters. The van der Waals surface area contributed by atoms with Crippen LogP contribution in [-0.2, 0) is 6.42 Å². The van der Waals surface area contributed by atoms with Crippen LogP contribution in [0.2, 0.25) is 0 Å². The highest BCUT2D eigenvalue weighted by molar-refractivity contribution is 5.44. The molecule has 0 spiro atoms. The van der Waals surface area contributed by atoms with Gasteiger partial charge in [-0.15, -0.1) is 0 Å². The number of rotatable bonds is 6. The van der Waals surface area contributed by atoms with Crippen LogP contribution >= 0.6 is 0 Å². The lowest BCUT2D eigenvalue weighted by Crippen LogP contribution is -2.07. The summed E-state index contributed by atoms with van der Waals surface area (Å²) in [6, 6.07) is 12.9. The van der Waals surface area contributed by atoms with Crippen LogP contribution in [-0.4, -0.2) is 12.1 Å². The minimum absolute atomic E-state index is 0.244. The summed E-state index contributed by atoms with van der Waals surface area (Å²) in [5.74, 6) is 1.32. The summed E-state index contributed by atoms with van der Waals surface area (Å²) >= 11 is 0. The smallest absolute Gasteiger partial charge is 0.213 e. The average molecular weight is 284 g/mol. The molecule has 3 heteroatoms. The first-order valence-electron chi connectivity index (χ1n) is 7.44. The number of hydrogen-bond acceptors (Lipinski definition) is 3. The Morgan fingerprint density at radius 2 is 1.76 bits per heavy atom. The van der Waals surface area contributed by atoms with Crippen molar-refractivity contribution in [1.82, 2.24) is 4.98 Å². The molecule has 0 saturated heterocycles. The molecule has 0 fully saturated rings. The summed E-state index contributed by atoms with van der Waals surface area (Å²) in [7, 11) is 1.62. The first kappa shape index (κ1) is 15.4. The monoisotopic (exact) mass is 284 g/mol. The van der Waals surface area contributed by atoms with Crippen LogP contribution in [0, 0.1) is 5.92 Å². The van der Waals surface area contributed by atoms with Crippen LogP contribution in [0.4, 0.5) is 5.69 Å². The first-order valence-corrected chi connectivity index (χ1v) is 7.44. The molecule has 0 amide bonds. The summed E-state index contributed by atoms with van der Waals surface area (Å²) in [6.07, 6.45) is 2.92. The Hall–Kier alpha value is -2.03. The summed E-state index contributed by atoms with van der Waals surface area (Å²) in [6.45, 7) is 6.64. The summed E-state index contributed by atoms with van der Waals surface area (Å²) in [5, 5.41) is 3.45. The predicted octanol–water partition coefficient (Wildman–Crippen LogP) is 4.46. The lowest BCUT2D eigenvalue weighted by Gasteiger charge is -2.16. The molecule has 1 N–H and O–H groups in total. The molecule has 112 valence electrons. The number of nitrogens with zero attached hydrogens (tertiary/aromatic N) is 1. The molecule has 0 aliphatic heterocycles. The molecule has 0 aliphatic carbocycles. The second-order valence-electron chi connectivity index (χ2n) is 5.79. The zero-order valence-corrected chi connectivity index (χ0v) is 13.3. The normalized spacial score (nSPS) is 12.2. The van der Waals surface area contributed by atoms with Crippen molar-refractivity contribution in [3.63, 3.8) is 0 Å². The van der Waals surface area contributed by atoms with E-state index in [9.17, 15) is 0 Å². The second kappa shape index (κ2) is 7.11. The van der Waals surface area contributed by atoms with E-state index in [0.717, 1.165) is 12.1 Å². The SMILES string of the molecule is COc1ccc(NC(C)c2ccc(CC(C)C)cc2)cn1. The van der Waals surface area contributed by atoms with Gasteiger partial charge in [-0.25, -0.2) is 4.98 Å². The van der Waals surface area contributed by atoms with Crippen molar-refractivity contribution < 1.29 is 4.74 Å². The van der Waals surface area contributed by atoms with Gasteiger partial charge in [0.25, 0.3) is 0 Å².